The molecule has 2 aromatic carbocycles. The van der Waals surface area contributed by atoms with Crippen LogP contribution in [0.5, 0.6) is 5.75 Å². The van der Waals surface area contributed by atoms with Crippen LogP contribution >= 0.6 is 11.6 Å². The largest absolute Gasteiger partial charge is 0.495 e. The van der Waals surface area contributed by atoms with Gasteiger partial charge in [-0.2, -0.15) is 0 Å². The maximum atomic E-state index is 12.9. The van der Waals surface area contributed by atoms with Crippen LogP contribution in [0, 0.1) is 0 Å². The van der Waals surface area contributed by atoms with Gasteiger partial charge in [-0.1, -0.05) is 30.7 Å². The molecule has 0 amide bonds. The molecule has 23 heavy (non-hydrogen) atoms. The lowest BCUT2D eigenvalue weighted by molar-refractivity contribution is 0.414. The van der Waals surface area contributed by atoms with E-state index in [0.717, 1.165) is 12.0 Å². The van der Waals surface area contributed by atoms with Crippen molar-refractivity contribution in [1.29, 1.82) is 0 Å². The van der Waals surface area contributed by atoms with Crippen LogP contribution in [0.1, 0.15) is 19.4 Å². The van der Waals surface area contributed by atoms with Crippen molar-refractivity contribution in [3.05, 3.63) is 53.1 Å². The third-order valence-electron chi connectivity index (χ3n) is 3.63. The Balaban J connectivity index is 2.43. The van der Waals surface area contributed by atoms with Crippen LogP contribution in [0.15, 0.2) is 47.4 Å². The zero-order chi connectivity index (χ0) is 17.0. The first-order valence-corrected chi connectivity index (χ1v) is 9.21. The predicted octanol–water partition coefficient (Wildman–Crippen LogP) is 4.13. The molecule has 0 radical (unpaired) electrons. The van der Waals surface area contributed by atoms with Crippen molar-refractivity contribution in [1.82, 2.24) is 0 Å². The van der Waals surface area contributed by atoms with E-state index in [1.54, 1.807) is 13.0 Å². The van der Waals surface area contributed by atoms with E-state index in [1.165, 1.54) is 23.5 Å². The molecule has 0 spiro atoms. The maximum absolute atomic E-state index is 12.9. The van der Waals surface area contributed by atoms with Crippen molar-refractivity contribution in [2.45, 2.75) is 25.2 Å². The van der Waals surface area contributed by atoms with Crippen LogP contribution in [0.4, 0.5) is 5.69 Å². The number of anilines is 1. The zero-order valence-corrected chi connectivity index (χ0v) is 15.0. The van der Waals surface area contributed by atoms with Gasteiger partial charge in [-0.05, 0) is 49.2 Å². The van der Waals surface area contributed by atoms with Gasteiger partial charge in [0.05, 0.1) is 22.7 Å². The molecule has 0 aliphatic heterocycles. The van der Waals surface area contributed by atoms with Crippen LogP contribution in [0.3, 0.4) is 0 Å². The highest BCUT2D eigenvalue weighted by Gasteiger charge is 2.24. The van der Waals surface area contributed by atoms with Crippen molar-refractivity contribution < 1.29 is 13.2 Å². The summed E-state index contributed by atoms with van der Waals surface area (Å²) in [7, 11) is -2.19. The molecule has 0 fully saturated rings. The summed E-state index contributed by atoms with van der Waals surface area (Å²) in [5, 5.41) is 0.269. The van der Waals surface area contributed by atoms with Gasteiger partial charge in [0.2, 0.25) is 0 Å². The molecule has 0 saturated heterocycles. The van der Waals surface area contributed by atoms with Gasteiger partial charge in [-0.3, -0.25) is 4.31 Å². The number of methoxy groups -OCH3 is 1. The molecule has 0 heterocycles. The van der Waals surface area contributed by atoms with Crippen molar-refractivity contribution in [2.24, 2.45) is 0 Å². The minimum absolute atomic E-state index is 0.143. The molecule has 0 aliphatic carbocycles. The van der Waals surface area contributed by atoms with Gasteiger partial charge in [-0.15, -0.1) is 0 Å². The fourth-order valence-electron chi connectivity index (χ4n) is 2.32. The summed E-state index contributed by atoms with van der Waals surface area (Å²) in [6.45, 7) is 4.19. The summed E-state index contributed by atoms with van der Waals surface area (Å²) in [6.07, 6.45) is 0.910. The molecule has 0 N–H and O–H groups in total. The molecule has 0 unspecified atom stereocenters. The highest BCUT2D eigenvalue weighted by molar-refractivity contribution is 7.92. The highest BCUT2D eigenvalue weighted by atomic mass is 35.5. The van der Waals surface area contributed by atoms with Crippen LogP contribution in [0.25, 0.3) is 0 Å². The van der Waals surface area contributed by atoms with Crippen LogP contribution in [-0.4, -0.2) is 22.1 Å². The SMILES string of the molecule is CCc1ccc(N(CC)S(=O)(=O)c2ccc(OC)c(Cl)c2)cc1. The first-order chi connectivity index (χ1) is 10.9. The third-order valence-corrected chi connectivity index (χ3v) is 5.83. The number of sulfonamides is 1. The van der Waals surface area contributed by atoms with E-state index in [4.69, 9.17) is 16.3 Å². The summed E-state index contributed by atoms with van der Waals surface area (Å²) >= 11 is 6.06. The Morgan fingerprint density at radius 2 is 1.74 bits per heavy atom. The molecule has 2 rings (SSSR count). The summed E-state index contributed by atoms with van der Waals surface area (Å²) in [5.41, 5.74) is 1.80. The molecule has 0 atom stereocenters. The summed E-state index contributed by atoms with van der Waals surface area (Å²) < 4.78 is 32.2. The smallest absolute Gasteiger partial charge is 0.264 e. The first-order valence-electron chi connectivity index (χ1n) is 7.39. The Hall–Kier alpha value is -1.72. The van der Waals surface area contributed by atoms with Crippen LogP contribution in [-0.2, 0) is 16.4 Å². The molecule has 0 saturated carbocycles. The van der Waals surface area contributed by atoms with E-state index in [1.807, 2.05) is 24.3 Å². The third kappa shape index (κ3) is 3.62. The van der Waals surface area contributed by atoms with Gasteiger partial charge in [0.1, 0.15) is 5.75 Å². The standard InChI is InChI=1S/C17H20ClNO3S/c1-4-13-6-8-14(9-7-13)19(5-2)23(20,21)15-10-11-17(22-3)16(18)12-15/h6-12H,4-5H2,1-3H3. The number of hydrogen-bond donors (Lipinski definition) is 0. The van der Waals surface area contributed by atoms with Crippen molar-refractivity contribution in [3.63, 3.8) is 0 Å². The van der Waals surface area contributed by atoms with Gasteiger partial charge >= 0.3 is 0 Å². The molecule has 0 aromatic heterocycles. The summed E-state index contributed by atoms with van der Waals surface area (Å²) in [4.78, 5) is 0.143. The Morgan fingerprint density at radius 1 is 1.09 bits per heavy atom. The van der Waals surface area contributed by atoms with Crippen LogP contribution < -0.4 is 9.04 Å². The average Bonchev–Trinajstić information content (AvgIpc) is 2.55. The van der Waals surface area contributed by atoms with E-state index in [0.29, 0.717) is 18.0 Å². The Labute approximate surface area is 142 Å². The average molecular weight is 354 g/mol. The molecule has 4 nitrogen and oxygen atoms in total. The lowest BCUT2D eigenvalue weighted by atomic mass is 10.1. The molecule has 2 aromatic rings. The van der Waals surface area contributed by atoms with E-state index in [-0.39, 0.29) is 9.92 Å². The lowest BCUT2D eigenvalue weighted by Crippen LogP contribution is -2.30. The van der Waals surface area contributed by atoms with Crippen molar-refractivity contribution >= 4 is 27.3 Å². The van der Waals surface area contributed by atoms with E-state index >= 15 is 0 Å². The number of aryl methyl sites for hydroxylation is 1. The highest BCUT2D eigenvalue weighted by Crippen LogP contribution is 2.30. The van der Waals surface area contributed by atoms with Gasteiger partial charge in [0.25, 0.3) is 10.0 Å². The molecule has 6 heteroatoms. The van der Waals surface area contributed by atoms with Crippen LogP contribution in [0.2, 0.25) is 5.02 Å². The minimum atomic E-state index is -3.68. The van der Waals surface area contributed by atoms with E-state index in [9.17, 15) is 8.42 Å². The topological polar surface area (TPSA) is 46.6 Å². The monoisotopic (exact) mass is 353 g/mol. The Kier molecular flexibility index (Phi) is 5.55. The number of benzene rings is 2. The van der Waals surface area contributed by atoms with Gasteiger partial charge < -0.3 is 4.74 Å². The number of hydrogen-bond acceptors (Lipinski definition) is 3. The molecule has 0 bridgehead atoms. The second kappa shape index (κ2) is 7.23. The molecular weight excluding hydrogens is 334 g/mol. The number of rotatable bonds is 6. The van der Waals surface area contributed by atoms with E-state index in [2.05, 4.69) is 6.92 Å². The maximum Gasteiger partial charge on any atom is 0.264 e. The molecular formula is C17H20ClNO3S. The summed E-state index contributed by atoms with van der Waals surface area (Å²) in [6, 6.07) is 12.0. The fourth-order valence-corrected chi connectivity index (χ4v) is 4.15. The van der Waals surface area contributed by atoms with Gasteiger partial charge in [0.15, 0.2) is 0 Å². The summed E-state index contributed by atoms with van der Waals surface area (Å²) in [5.74, 6) is 0.445. The predicted molar refractivity (Wildman–Crippen MR) is 94.0 cm³/mol. The Morgan fingerprint density at radius 3 is 2.22 bits per heavy atom. The Bertz CT molecular complexity index is 773. The first kappa shape index (κ1) is 17.6. The van der Waals surface area contributed by atoms with E-state index < -0.39 is 10.0 Å². The minimum Gasteiger partial charge on any atom is -0.495 e. The number of halogens is 1. The van der Waals surface area contributed by atoms with Gasteiger partial charge in [0, 0.05) is 6.54 Å². The fraction of sp³-hybridized carbons (Fsp3) is 0.294. The second-order valence-electron chi connectivity index (χ2n) is 4.99. The molecule has 124 valence electrons. The lowest BCUT2D eigenvalue weighted by Gasteiger charge is -2.23. The van der Waals surface area contributed by atoms with Gasteiger partial charge in [-0.25, -0.2) is 8.42 Å². The second-order valence-corrected chi connectivity index (χ2v) is 7.26. The van der Waals surface area contributed by atoms with Crippen molar-refractivity contribution in [2.75, 3.05) is 18.0 Å². The normalized spacial score (nSPS) is 11.3. The number of nitrogens with zero attached hydrogens (tertiary/aromatic N) is 1. The number of ether oxygens (including phenoxy) is 1. The molecule has 0 aliphatic rings. The zero-order valence-electron chi connectivity index (χ0n) is 13.4. The quantitative estimate of drug-likeness (QED) is 0.784. The van der Waals surface area contributed by atoms with Crippen molar-refractivity contribution in [3.8, 4) is 5.75 Å².